The second-order valence-electron chi connectivity index (χ2n) is 4.40. The first kappa shape index (κ1) is 12.8. The molecule has 0 spiro atoms. The molecule has 1 atom stereocenters. The van der Waals surface area contributed by atoms with Crippen molar-refractivity contribution in [3.05, 3.63) is 0 Å². The molecule has 0 aromatic heterocycles. The fourth-order valence-corrected chi connectivity index (χ4v) is 1.50. The van der Waals surface area contributed by atoms with Gasteiger partial charge in [0.15, 0.2) is 0 Å². The van der Waals surface area contributed by atoms with Gasteiger partial charge in [0.25, 0.3) is 0 Å². The van der Waals surface area contributed by atoms with Crippen molar-refractivity contribution >= 4 is 12.0 Å². The molecule has 0 radical (unpaired) electrons. The maximum atomic E-state index is 11.8. The zero-order chi connectivity index (χ0) is 12.1. The van der Waals surface area contributed by atoms with E-state index in [1.54, 1.807) is 4.90 Å². The molecule has 2 amide bonds. The first-order valence-corrected chi connectivity index (χ1v) is 5.82. The van der Waals surface area contributed by atoms with Crippen molar-refractivity contribution in [1.29, 1.82) is 0 Å². The summed E-state index contributed by atoms with van der Waals surface area (Å²) in [7, 11) is 0. The third-order valence-corrected chi connectivity index (χ3v) is 2.67. The quantitative estimate of drug-likeness (QED) is 0.719. The summed E-state index contributed by atoms with van der Waals surface area (Å²) in [5, 5.41) is 11.2. The van der Waals surface area contributed by atoms with E-state index < -0.39 is 12.0 Å². The molecule has 1 aliphatic rings. The average Bonchev–Trinajstić information content (AvgIpc) is 3.00. The number of rotatable bonds is 6. The summed E-state index contributed by atoms with van der Waals surface area (Å²) < 4.78 is 0. The minimum Gasteiger partial charge on any atom is -0.480 e. The normalized spacial score (nSPS) is 16.6. The average molecular weight is 228 g/mol. The van der Waals surface area contributed by atoms with Gasteiger partial charge in [0.2, 0.25) is 0 Å². The minimum atomic E-state index is -1.00. The van der Waals surface area contributed by atoms with E-state index in [0.29, 0.717) is 12.5 Å². The van der Waals surface area contributed by atoms with Crippen molar-refractivity contribution in [2.75, 3.05) is 13.1 Å². The highest BCUT2D eigenvalue weighted by Gasteiger charge is 2.27. The summed E-state index contributed by atoms with van der Waals surface area (Å²) in [6, 6.07) is -1.09. The van der Waals surface area contributed by atoms with E-state index in [4.69, 9.17) is 5.11 Å². The van der Waals surface area contributed by atoms with E-state index in [1.807, 2.05) is 6.92 Å². The lowest BCUT2D eigenvalue weighted by atomic mass is 10.3. The second kappa shape index (κ2) is 5.72. The van der Waals surface area contributed by atoms with Crippen molar-refractivity contribution in [2.45, 2.75) is 39.2 Å². The Morgan fingerprint density at radius 1 is 1.50 bits per heavy atom. The highest BCUT2D eigenvalue weighted by atomic mass is 16.4. The number of carbonyl (C=O) groups is 2. The van der Waals surface area contributed by atoms with Crippen molar-refractivity contribution in [2.24, 2.45) is 5.92 Å². The maximum absolute atomic E-state index is 11.8. The number of urea groups is 1. The standard InChI is InChI=1S/C11H20N2O3/c1-3-6-13(7-9-4-5-9)11(16)12-8(2)10(14)15/h8-9H,3-7H2,1-2H3,(H,12,16)(H,14,15)/t8-/m1/s1. The number of nitrogens with one attached hydrogen (secondary N) is 1. The van der Waals surface area contributed by atoms with Crippen LogP contribution in [0, 0.1) is 5.92 Å². The minimum absolute atomic E-state index is 0.261. The summed E-state index contributed by atoms with van der Waals surface area (Å²) in [6.07, 6.45) is 3.26. The third-order valence-electron chi connectivity index (χ3n) is 2.67. The number of carboxylic acids is 1. The number of amides is 2. The molecule has 1 fully saturated rings. The predicted molar refractivity (Wildman–Crippen MR) is 60.2 cm³/mol. The molecule has 0 aromatic rings. The molecule has 0 bridgehead atoms. The Morgan fingerprint density at radius 3 is 2.56 bits per heavy atom. The van der Waals surface area contributed by atoms with Gasteiger partial charge in [-0.3, -0.25) is 4.79 Å². The van der Waals surface area contributed by atoms with Crippen LogP contribution in [0.4, 0.5) is 4.79 Å². The molecule has 5 heteroatoms. The van der Waals surface area contributed by atoms with Gasteiger partial charge in [-0.25, -0.2) is 4.79 Å². The van der Waals surface area contributed by atoms with E-state index >= 15 is 0 Å². The number of nitrogens with zero attached hydrogens (tertiary/aromatic N) is 1. The van der Waals surface area contributed by atoms with Gasteiger partial charge in [-0.1, -0.05) is 6.92 Å². The van der Waals surface area contributed by atoms with Crippen molar-refractivity contribution in [3.63, 3.8) is 0 Å². The molecule has 0 aliphatic heterocycles. The molecule has 2 N–H and O–H groups in total. The number of hydrogen-bond donors (Lipinski definition) is 2. The Bertz CT molecular complexity index is 264. The van der Waals surface area contributed by atoms with Crippen LogP contribution in [-0.2, 0) is 4.79 Å². The van der Waals surface area contributed by atoms with E-state index in [0.717, 1.165) is 13.0 Å². The molecule has 0 heterocycles. The van der Waals surface area contributed by atoms with Gasteiger partial charge in [0.1, 0.15) is 6.04 Å². The molecule has 1 saturated carbocycles. The van der Waals surface area contributed by atoms with Crippen molar-refractivity contribution in [1.82, 2.24) is 10.2 Å². The molecular formula is C11H20N2O3. The number of aliphatic carboxylic acids is 1. The lowest BCUT2D eigenvalue weighted by Gasteiger charge is -2.23. The van der Waals surface area contributed by atoms with Gasteiger partial charge >= 0.3 is 12.0 Å². The summed E-state index contributed by atoms with van der Waals surface area (Å²) in [4.78, 5) is 24.1. The highest BCUT2D eigenvalue weighted by molar-refractivity contribution is 5.82. The van der Waals surface area contributed by atoms with Crippen LogP contribution in [-0.4, -0.2) is 41.1 Å². The summed E-state index contributed by atoms with van der Waals surface area (Å²) >= 11 is 0. The monoisotopic (exact) mass is 228 g/mol. The summed E-state index contributed by atoms with van der Waals surface area (Å²) in [5.74, 6) is -0.381. The van der Waals surface area contributed by atoms with Crippen molar-refractivity contribution < 1.29 is 14.7 Å². The molecule has 16 heavy (non-hydrogen) atoms. The van der Waals surface area contributed by atoms with Crippen LogP contribution in [0.2, 0.25) is 0 Å². The Balaban J connectivity index is 2.41. The van der Waals surface area contributed by atoms with Gasteiger partial charge in [-0.15, -0.1) is 0 Å². The number of carbonyl (C=O) groups excluding carboxylic acids is 1. The molecule has 5 nitrogen and oxygen atoms in total. The Labute approximate surface area is 95.8 Å². The lowest BCUT2D eigenvalue weighted by molar-refractivity contribution is -0.138. The Morgan fingerprint density at radius 2 is 2.12 bits per heavy atom. The second-order valence-corrected chi connectivity index (χ2v) is 4.40. The molecule has 0 aromatic carbocycles. The first-order valence-electron chi connectivity index (χ1n) is 5.82. The van der Waals surface area contributed by atoms with Crippen LogP contribution in [0.25, 0.3) is 0 Å². The summed E-state index contributed by atoms with van der Waals surface area (Å²) in [6.45, 7) is 4.93. The maximum Gasteiger partial charge on any atom is 0.325 e. The van der Waals surface area contributed by atoms with E-state index in [-0.39, 0.29) is 6.03 Å². The van der Waals surface area contributed by atoms with Crippen LogP contribution >= 0.6 is 0 Å². The number of carboxylic acid groups (broad SMARTS) is 1. The van der Waals surface area contributed by atoms with Crippen LogP contribution in [0.15, 0.2) is 0 Å². The number of hydrogen-bond acceptors (Lipinski definition) is 2. The zero-order valence-corrected chi connectivity index (χ0v) is 9.90. The van der Waals surface area contributed by atoms with Gasteiger partial charge in [0.05, 0.1) is 0 Å². The molecular weight excluding hydrogens is 208 g/mol. The third kappa shape index (κ3) is 4.08. The van der Waals surface area contributed by atoms with Crippen LogP contribution in [0.3, 0.4) is 0 Å². The predicted octanol–water partition coefficient (Wildman–Crippen LogP) is 1.29. The van der Waals surface area contributed by atoms with E-state index in [2.05, 4.69) is 5.32 Å². The van der Waals surface area contributed by atoms with E-state index in [9.17, 15) is 9.59 Å². The van der Waals surface area contributed by atoms with Gasteiger partial charge in [-0.05, 0) is 32.1 Å². The van der Waals surface area contributed by atoms with Gasteiger partial charge < -0.3 is 15.3 Å². The smallest absolute Gasteiger partial charge is 0.325 e. The van der Waals surface area contributed by atoms with E-state index in [1.165, 1.54) is 19.8 Å². The van der Waals surface area contributed by atoms with Crippen LogP contribution in [0.1, 0.15) is 33.1 Å². The van der Waals surface area contributed by atoms with Gasteiger partial charge in [-0.2, -0.15) is 0 Å². The SMILES string of the molecule is CCCN(CC1CC1)C(=O)N[C@H](C)C(=O)O. The Hall–Kier alpha value is -1.26. The largest absolute Gasteiger partial charge is 0.480 e. The fourth-order valence-electron chi connectivity index (χ4n) is 1.50. The highest BCUT2D eigenvalue weighted by Crippen LogP contribution is 2.29. The van der Waals surface area contributed by atoms with Gasteiger partial charge in [0, 0.05) is 13.1 Å². The van der Waals surface area contributed by atoms with Crippen LogP contribution in [0.5, 0.6) is 0 Å². The Kier molecular flexibility index (Phi) is 4.58. The molecule has 1 rings (SSSR count). The van der Waals surface area contributed by atoms with Crippen molar-refractivity contribution in [3.8, 4) is 0 Å². The zero-order valence-electron chi connectivity index (χ0n) is 9.90. The molecule has 0 saturated heterocycles. The first-order chi connectivity index (χ1) is 7.54. The molecule has 1 aliphatic carbocycles. The van der Waals surface area contributed by atoms with Crippen LogP contribution < -0.4 is 5.32 Å². The molecule has 92 valence electrons. The summed E-state index contributed by atoms with van der Waals surface area (Å²) in [5.41, 5.74) is 0. The molecule has 0 unspecified atom stereocenters. The lowest BCUT2D eigenvalue weighted by Crippen LogP contribution is -2.47. The fraction of sp³-hybridized carbons (Fsp3) is 0.818. The topological polar surface area (TPSA) is 69.6 Å².